The number of carbonyl (C=O) groups excluding carboxylic acids is 2. The zero-order chi connectivity index (χ0) is 17.2. The SMILES string of the molecule is CC1(C)O[C@H](C(=O)c2ccoc2)[C@@H](COC(=O)c2ccccc2)O1. The van der Waals surface area contributed by atoms with E-state index >= 15 is 0 Å². The van der Waals surface area contributed by atoms with Gasteiger partial charge in [-0.05, 0) is 32.0 Å². The van der Waals surface area contributed by atoms with E-state index < -0.39 is 24.0 Å². The largest absolute Gasteiger partial charge is 0.472 e. The topological polar surface area (TPSA) is 75.0 Å². The summed E-state index contributed by atoms with van der Waals surface area (Å²) in [5, 5.41) is 0. The molecule has 0 spiro atoms. The molecule has 126 valence electrons. The summed E-state index contributed by atoms with van der Waals surface area (Å²) in [6.45, 7) is 3.34. The van der Waals surface area contributed by atoms with Gasteiger partial charge in [-0.25, -0.2) is 4.79 Å². The van der Waals surface area contributed by atoms with Gasteiger partial charge in [-0.3, -0.25) is 4.79 Å². The van der Waals surface area contributed by atoms with Crippen molar-refractivity contribution in [2.45, 2.75) is 31.8 Å². The van der Waals surface area contributed by atoms with Gasteiger partial charge in [-0.15, -0.1) is 0 Å². The van der Waals surface area contributed by atoms with E-state index in [-0.39, 0.29) is 12.4 Å². The number of ketones is 1. The van der Waals surface area contributed by atoms with Gasteiger partial charge in [-0.1, -0.05) is 18.2 Å². The van der Waals surface area contributed by atoms with Crippen LogP contribution in [0.5, 0.6) is 0 Å². The van der Waals surface area contributed by atoms with E-state index in [4.69, 9.17) is 18.6 Å². The van der Waals surface area contributed by atoms with Crippen molar-refractivity contribution in [2.75, 3.05) is 6.61 Å². The summed E-state index contributed by atoms with van der Waals surface area (Å²) in [5.74, 6) is -1.68. The molecule has 2 aromatic rings. The fourth-order valence-electron chi connectivity index (χ4n) is 2.56. The maximum Gasteiger partial charge on any atom is 0.338 e. The van der Waals surface area contributed by atoms with Crippen LogP contribution in [0.3, 0.4) is 0 Å². The first-order valence-corrected chi connectivity index (χ1v) is 7.60. The molecule has 1 aliphatic heterocycles. The van der Waals surface area contributed by atoms with Crippen molar-refractivity contribution in [3.63, 3.8) is 0 Å². The van der Waals surface area contributed by atoms with E-state index in [2.05, 4.69) is 0 Å². The number of Topliss-reactive ketones (excluding diaryl/α,β-unsaturated/α-hetero) is 1. The molecule has 0 N–H and O–H groups in total. The Hall–Kier alpha value is -2.44. The number of hydrogen-bond donors (Lipinski definition) is 0. The van der Waals surface area contributed by atoms with E-state index in [0.717, 1.165) is 0 Å². The van der Waals surface area contributed by atoms with Crippen LogP contribution in [0.2, 0.25) is 0 Å². The minimum absolute atomic E-state index is 0.0780. The van der Waals surface area contributed by atoms with E-state index in [1.165, 1.54) is 12.5 Å². The summed E-state index contributed by atoms with van der Waals surface area (Å²) in [6.07, 6.45) is 1.22. The zero-order valence-corrected chi connectivity index (χ0v) is 13.4. The molecule has 0 radical (unpaired) electrons. The molecular weight excluding hydrogens is 312 g/mol. The third kappa shape index (κ3) is 3.55. The second-order valence-corrected chi connectivity index (χ2v) is 5.94. The summed E-state index contributed by atoms with van der Waals surface area (Å²) in [7, 11) is 0. The van der Waals surface area contributed by atoms with E-state index in [9.17, 15) is 9.59 Å². The lowest BCUT2D eigenvalue weighted by atomic mass is 10.1. The van der Waals surface area contributed by atoms with Crippen LogP contribution in [-0.2, 0) is 14.2 Å². The molecule has 1 fully saturated rings. The number of esters is 1. The smallest absolute Gasteiger partial charge is 0.338 e. The molecule has 0 bridgehead atoms. The van der Waals surface area contributed by atoms with Crippen molar-refractivity contribution in [3.05, 3.63) is 60.1 Å². The van der Waals surface area contributed by atoms with Crippen molar-refractivity contribution in [1.82, 2.24) is 0 Å². The Morgan fingerprint density at radius 1 is 1.08 bits per heavy atom. The number of ether oxygens (including phenoxy) is 3. The normalized spacial score (nSPS) is 22.2. The minimum atomic E-state index is -0.937. The van der Waals surface area contributed by atoms with Crippen molar-refractivity contribution >= 4 is 11.8 Å². The number of hydrogen-bond acceptors (Lipinski definition) is 6. The molecule has 6 nitrogen and oxygen atoms in total. The Kier molecular flexibility index (Phi) is 4.51. The van der Waals surface area contributed by atoms with Gasteiger partial charge in [-0.2, -0.15) is 0 Å². The van der Waals surface area contributed by atoms with Crippen molar-refractivity contribution in [2.24, 2.45) is 0 Å². The first-order valence-electron chi connectivity index (χ1n) is 7.60. The van der Waals surface area contributed by atoms with Crippen LogP contribution >= 0.6 is 0 Å². The molecular formula is C18H18O6. The second kappa shape index (κ2) is 6.59. The Balaban J connectivity index is 1.68. The van der Waals surface area contributed by atoms with Crippen LogP contribution in [0.25, 0.3) is 0 Å². The third-order valence-electron chi connectivity index (χ3n) is 3.64. The van der Waals surface area contributed by atoms with Crippen LogP contribution in [0, 0.1) is 0 Å². The predicted molar refractivity (Wildman–Crippen MR) is 83.6 cm³/mol. The van der Waals surface area contributed by atoms with Crippen LogP contribution in [0.4, 0.5) is 0 Å². The number of furan rings is 1. The van der Waals surface area contributed by atoms with Crippen LogP contribution < -0.4 is 0 Å². The fourth-order valence-corrected chi connectivity index (χ4v) is 2.56. The second-order valence-electron chi connectivity index (χ2n) is 5.94. The predicted octanol–water partition coefficient (Wildman–Crippen LogP) is 2.84. The number of rotatable bonds is 5. The monoisotopic (exact) mass is 330 g/mol. The molecule has 6 heteroatoms. The number of carbonyl (C=O) groups is 2. The zero-order valence-electron chi connectivity index (χ0n) is 13.4. The molecule has 2 atom stereocenters. The molecule has 1 saturated heterocycles. The Morgan fingerprint density at radius 2 is 1.83 bits per heavy atom. The average molecular weight is 330 g/mol. The summed E-state index contributed by atoms with van der Waals surface area (Å²) in [4.78, 5) is 24.6. The quantitative estimate of drug-likeness (QED) is 0.620. The van der Waals surface area contributed by atoms with Crippen LogP contribution in [0.1, 0.15) is 34.6 Å². The highest BCUT2D eigenvalue weighted by atomic mass is 16.8. The van der Waals surface area contributed by atoms with Gasteiger partial charge in [0, 0.05) is 0 Å². The van der Waals surface area contributed by atoms with Crippen molar-refractivity contribution in [3.8, 4) is 0 Å². The van der Waals surface area contributed by atoms with Gasteiger partial charge < -0.3 is 18.6 Å². The molecule has 0 amide bonds. The standard InChI is InChI=1S/C18H18O6/c1-18(2)23-14(11-22-17(20)12-6-4-3-5-7-12)16(24-18)15(19)13-8-9-21-10-13/h3-10,14,16H,11H2,1-2H3/t14-,16+/m1/s1. The maximum absolute atomic E-state index is 12.5. The molecule has 1 aliphatic rings. The van der Waals surface area contributed by atoms with E-state index in [0.29, 0.717) is 11.1 Å². The summed E-state index contributed by atoms with van der Waals surface area (Å²) in [6, 6.07) is 10.2. The Labute approximate surface area is 139 Å². The lowest BCUT2D eigenvalue weighted by Gasteiger charge is -2.16. The van der Waals surface area contributed by atoms with Gasteiger partial charge >= 0.3 is 5.97 Å². The van der Waals surface area contributed by atoms with Gasteiger partial charge in [0.05, 0.1) is 17.4 Å². The van der Waals surface area contributed by atoms with Gasteiger partial charge in [0.2, 0.25) is 0 Å². The Morgan fingerprint density at radius 3 is 2.50 bits per heavy atom. The molecule has 0 saturated carbocycles. The summed E-state index contributed by atoms with van der Waals surface area (Å²) < 4.78 is 21.6. The third-order valence-corrected chi connectivity index (χ3v) is 3.64. The summed E-state index contributed by atoms with van der Waals surface area (Å²) >= 11 is 0. The molecule has 1 aromatic heterocycles. The van der Waals surface area contributed by atoms with Gasteiger partial charge in [0.15, 0.2) is 17.7 Å². The van der Waals surface area contributed by atoms with Crippen molar-refractivity contribution in [1.29, 1.82) is 0 Å². The molecule has 3 rings (SSSR count). The number of benzene rings is 1. The van der Waals surface area contributed by atoms with Crippen molar-refractivity contribution < 1.29 is 28.2 Å². The van der Waals surface area contributed by atoms with Crippen LogP contribution in [-0.4, -0.2) is 36.4 Å². The molecule has 24 heavy (non-hydrogen) atoms. The van der Waals surface area contributed by atoms with E-state index in [1.807, 2.05) is 6.07 Å². The van der Waals surface area contributed by atoms with E-state index in [1.54, 1.807) is 44.2 Å². The lowest BCUT2D eigenvalue weighted by Crippen LogP contribution is -2.35. The van der Waals surface area contributed by atoms with Crippen LogP contribution in [0.15, 0.2) is 53.3 Å². The molecule has 0 unspecified atom stereocenters. The Bertz CT molecular complexity index is 704. The highest BCUT2D eigenvalue weighted by molar-refractivity contribution is 5.99. The summed E-state index contributed by atoms with van der Waals surface area (Å²) in [5.41, 5.74) is 0.828. The van der Waals surface area contributed by atoms with Gasteiger partial charge in [0.1, 0.15) is 19.0 Å². The average Bonchev–Trinajstić information content (AvgIpc) is 3.20. The maximum atomic E-state index is 12.5. The van der Waals surface area contributed by atoms with Gasteiger partial charge in [0.25, 0.3) is 0 Å². The highest BCUT2D eigenvalue weighted by Gasteiger charge is 2.46. The fraction of sp³-hybridized carbons (Fsp3) is 0.333. The highest BCUT2D eigenvalue weighted by Crippen LogP contribution is 2.30. The molecule has 2 heterocycles. The first kappa shape index (κ1) is 16.4. The first-order chi connectivity index (χ1) is 11.5. The molecule has 1 aromatic carbocycles. The lowest BCUT2D eigenvalue weighted by molar-refractivity contribution is -0.146. The molecule has 0 aliphatic carbocycles. The minimum Gasteiger partial charge on any atom is -0.472 e.